The van der Waals surface area contributed by atoms with E-state index in [-0.39, 0.29) is 0 Å². The van der Waals surface area contributed by atoms with Crippen LogP contribution in [0.4, 0.5) is 0 Å². The molecule has 2 heteroatoms. The van der Waals surface area contributed by atoms with Gasteiger partial charge in [-0.25, -0.2) is 0 Å². The monoisotopic (exact) mass is 143 g/mol. The van der Waals surface area contributed by atoms with Crippen LogP contribution in [0.3, 0.4) is 0 Å². The third kappa shape index (κ3) is 1.18. The maximum absolute atomic E-state index is 5.69. The van der Waals surface area contributed by atoms with Crippen LogP contribution in [0.25, 0.3) is 0 Å². The fraction of sp³-hybridized carbons (Fsp3) is 1.00. The van der Waals surface area contributed by atoms with Crippen LogP contribution < -0.4 is 5.73 Å². The van der Waals surface area contributed by atoms with E-state index in [0.29, 0.717) is 11.3 Å². The number of hydrogen-bond donors (Lipinski definition) is 1. The molecular weight excluding hydrogens is 126 g/mol. The second kappa shape index (κ2) is 2.89. The van der Waals surface area contributed by atoms with Gasteiger partial charge < -0.3 is 10.5 Å². The van der Waals surface area contributed by atoms with E-state index >= 15 is 0 Å². The minimum atomic E-state index is 0.292. The highest BCUT2D eigenvalue weighted by Gasteiger charge is 2.36. The standard InChI is InChI=1S/C8H17NO/c1-7(2)8(5-9)3-4-10-6-8/h7H,3-6,9H2,1-2H3. The van der Waals surface area contributed by atoms with Crippen molar-refractivity contribution in [3.8, 4) is 0 Å². The maximum Gasteiger partial charge on any atom is 0.0537 e. The highest BCUT2D eigenvalue weighted by atomic mass is 16.5. The Labute approximate surface area is 62.7 Å². The molecule has 0 spiro atoms. The Hall–Kier alpha value is -0.0800. The van der Waals surface area contributed by atoms with E-state index in [0.717, 1.165) is 26.2 Å². The lowest BCUT2D eigenvalue weighted by molar-refractivity contribution is 0.125. The summed E-state index contributed by atoms with van der Waals surface area (Å²) in [6.07, 6.45) is 1.14. The van der Waals surface area contributed by atoms with Crippen LogP contribution in [0.5, 0.6) is 0 Å². The molecule has 0 aromatic heterocycles. The molecule has 1 saturated heterocycles. The van der Waals surface area contributed by atoms with Gasteiger partial charge in [-0.05, 0) is 12.3 Å². The third-order valence-electron chi connectivity index (χ3n) is 2.77. The van der Waals surface area contributed by atoms with E-state index in [1.165, 1.54) is 0 Å². The summed E-state index contributed by atoms with van der Waals surface area (Å²) < 4.78 is 5.33. The Kier molecular flexibility index (Phi) is 2.32. The second-order valence-electron chi connectivity index (χ2n) is 3.52. The SMILES string of the molecule is CC(C)C1(CN)CCOC1. The molecule has 0 aromatic rings. The van der Waals surface area contributed by atoms with Crippen LogP contribution >= 0.6 is 0 Å². The van der Waals surface area contributed by atoms with E-state index in [2.05, 4.69) is 13.8 Å². The number of hydrogen-bond acceptors (Lipinski definition) is 2. The summed E-state index contributed by atoms with van der Waals surface area (Å²) in [4.78, 5) is 0. The molecule has 1 aliphatic heterocycles. The molecule has 1 atom stereocenters. The average Bonchev–Trinajstić information content (AvgIpc) is 2.35. The Morgan fingerprint density at radius 3 is 2.50 bits per heavy atom. The molecule has 0 bridgehead atoms. The largest absolute Gasteiger partial charge is 0.381 e. The zero-order valence-electron chi connectivity index (χ0n) is 6.89. The molecule has 10 heavy (non-hydrogen) atoms. The summed E-state index contributed by atoms with van der Waals surface area (Å²) in [5.41, 5.74) is 5.98. The fourth-order valence-electron chi connectivity index (χ4n) is 1.48. The van der Waals surface area contributed by atoms with E-state index in [1.54, 1.807) is 0 Å². The Morgan fingerprint density at radius 2 is 2.30 bits per heavy atom. The van der Waals surface area contributed by atoms with Gasteiger partial charge in [-0.15, -0.1) is 0 Å². The van der Waals surface area contributed by atoms with E-state index in [1.807, 2.05) is 0 Å². The van der Waals surface area contributed by atoms with Gasteiger partial charge in [-0.3, -0.25) is 0 Å². The van der Waals surface area contributed by atoms with Crippen LogP contribution in [-0.4, -0.2) is 19.8 Å². The first-order chi connectivity index (χ1) is 4.71. The predicted octanol–water partition coefficient (Wildman–Crippen LogP) is 1.01. The van der Waals surface area contributed by atoms with Crippen LogP contribution in [0, 0.1) is 11.3 Å². The van der Waals surface area contributed by atoms with Crippen molar-refractivity contribution in [3.05, 3.63) is 0 Å². The van der Waals surface area contributed by atoms with Gasteiger partial charge in [0, 0.05) is 18.6 Å². The van der Waals surface area contributed by atoms with E-state index in [9.17, 15) is 0 Å². The van der Waals surface area contributed by atoms with Gasteiger partial charge in [0.05, 0.1) is 6.61 Å². The molecule has 1 rings (SSSR count). The predicted molar refractivity (Wildman–Crippen MR) is 41.8 cm³/mol. The molecule has 2 nitrogen and oxygen atoms in total. The van der Waals surface area contributed by atoms with Crippen molar-refractivity contribution in [3.63, 3.8) is 0 Å². The van der Waals surface area contributed by atoms with Crippen molar-refractivity contribution in [1.29, 1.82) is 0 Å². The van der Waals surface area contributed by atoms with Crippen molar-refractivity contribution < 1.29 is 4.74 Å². The highest BCUT2D eigenvalue weighted by Crippen LogP contribution is 2.34. The lowest BCUT2D eigenvalue weighted by atomic mass is 9.77. The summed E-state index contributed by atoms with van der Waals surface area (Å²) in [5.74, 6) is 0.653. The molecule has 0 saturated carbocycles. The first kappa shape index (κ1) is 8.02. The first-order valence-electron chi connectivity index (χ1n) is 3.99. The topological polar surface area (TPSA) is 35.2 Å². The van der Waals surface area contributed by atoms with Crippen LogP contribution in [0.15, 0.2) is 0 Å². The smallest absolute Gasteiger partial charge is 0.0537 e. The zero-order chi connectivity index (χ0) is 7.61. The number of ether oxygens (including phenoxy) is 1. The molecule has 1 heterocycles. The maximum atomic E-state index is 5.69. The second-order valence-corrected chi connectivity index (χ2v) is 3.52. The van der Waals surface area contributed by atoms with Gasteiger partial charge in [-0.1, -0.05) is 13.8 Å². The Morgan fingerprint density at radius 1 is 1.60 bits per heavy atom. The Bertz CT molecular complexity index is 106. The molecule has 1 aliphatic rings. The molecule has 1 unspecified atom stereocenters. The van der Waals surface area contributed by atoms with Gasteiger partial charge in [0.25, 0.3) is 0 Å². The van der Waals surface area contributed by atoms with Gasteiger partial charge >= 0.3 is 0 Å². The third-order valence-corrected chi connectivity index (χ3v) is 2.77. The molecule has 0 amide bonds. The normalized spacial score (nSPS) is 33.6. The van der Waals surface area contributed by atoms with E-state index < -0.39 is 0 Å². The van der Waals surface area contributed by atoms with Gasteiger partial charge in [0.1, 0.15) is 0 Å². The molecule has 2 N–H and O–H groups in total. The van der Waals surface area contributed by atoms with Crippen molar-refractivity contribution in [2.75, 3.05) is 19.8 Å². The summed E-state index contributed by atoms with van der Waals surface area (Å²) in [5, 5.41) is 0. The van der Waals surface area contributed by atoms with Crippen molar-refractivity contribution in [2.24, 2.45) is 17.1 Å². The number of nitrogens with two attached hydrogens (primary N) is 1. The van der Waals surface area contributed by atoms with Crippen LogP contribution in [0.1, 0.15) is 20.3 Å². The van der Waals surface area contributed by atoms with E-state index in [4.69, 9.17) is 10.5 Å². The molecule has 0 aromatic carbocycles. The summed E-state index contributed by atoms with van der Waals surface area (Å²) in [7, 11) is 0. The van der Waals surface area contributed by atoms with Gasteiger partial charge in [-0.2, -0.15) is 0 Å². The number of rotatable bonds is 2. The quantitative estimate of drug-likeness (QED) is 0.626. The average molecular weight is 143 g/mol. The van der Waals surface area contributed by atoms with Gasteiger partial charge in [0.2, 0.25) is 0 Å². The molecule has 60 valence electrons. The summed E-state index contributed by atoms with van der Waals surface area (Å²) in [6.45, 7) is 6.98. The van der Waals surface area contributed by atoms with Gasteiger partial charge in [0.15, 0.2) is 0 Å². The molecule has 1 fully saturated rings. The summed E-state index contributed by atoms with van der Waals surface area (Å²) >= 11 is 0. The Balaban J connectivity index is 2.58. The fourth-order valence-corrected chi connectivity index (χ4v) is 1.48. The minimum absolute atomic E-state index is 0.292. The minimum Gasteiger partial charge on any atom is -0.381 e. The molecular formula is C8H17NO. The van der Waals surface area contributed by atoms with Crippen molar-refractivity contribution >= 4 is 0 Å². The lowest BCUT2D eigenvalue weighted by Gasteiger charge is -2.29. The van der Waals surface area contributed by atoms with Crippen LogP contribution in [0.2, 0.25) is 0 Å². The summed E-state index contributed by atoms with van der Waals surface area (Å²) in [6, 6.07) is 0. The van der Waals surface area contributed by atoms with Crippen molar-refractivity contribution in [1.82, 2.24) is 0 Å². The van der Waals surface area contributed by atoms with Crippen molar-refractivity contribution in [2.45, 2.75) is 20.3 Å². The zero-order valence-corrected chi connectivity index (χ0v) is 6.89. The highest BCUT2D eigenvalue weighted by molar-refractivity contribution is 4.86. The first-order valence-corrected chi connectivity index (χ1v) is 3.99. The lowest BCUT2D eigenvalue weighted by Crippen LogP contribution is -2.35. The molecule has 0 radical (unpaired) electrons. The molecule has 0 aliphatic carbocycles. The van der Waals surface area contributed by atoms with Crippen LogP contribution in [-0.2, 0) is 4.74 Å².